The molecule has 0 N–H and O–H groups in total. The normalized spacial score (nSPS) is 10.1. The van der Waals surface area contributed by atoms with Gasteiger partial charge in [-0.25, -0.2) is 0 Å². The van der Waals surface area contributed by atoms with Crippen LogP contribution in [0, 0.1) is 0 Å². The van der Waals surface area contributed by atoms with Crippen molar-refractivity contribution in [2.75, 3.05) is 13.2 Å². The molecule has 0 aliphatic heterocycles. The van der Waals surface area contributed by atoms with Crippen LogP contribution >= 0.6 is 11.3 Å². The Hall–Kier alpha value is 1.47. The molecule has 2 nitrogen and oxygen atoms in total. The summed E-state index contributed by atoms with van der Waals surface area (Å²) in [4.78, 5) is 0. The third-order valence-corrected chi connectivity index (χ3v) is 4.57. The molecule has 0 unspecified atom stereocenters. The summed E-state index contributed by atoms with van der Waals surface area (Å²) in [6, 6.07) is 2.09. The Morgan fingerprint density at radius 1 is 1.31 bits per heavy atom. The molecule has 0 spiro atoms. The summed E-state index contributed by atoms with van der Waals surface area (Å²) in [7, 11) is -1.53. The van der Waals surface area contributed by atoms with Gasteiger partial charge >= 0.3 is 60.7 Å². The van der Waals surface area contributed by atoms with Crippen LogP contribution in [-0.2, 0) is 8.85 Å². The molecule has 0 fully saturated rings. The van der Waals surface area contributed by atoms with Crippen molar-refractivity contribution >= 4 is 77.2 Å². The van der Waals surface area contributed by atoms with E-state index in [1.54, 1.807) is 11.3 Å². The van der Waals surface area contributed by atoms with Crippen LogP contribution in [0.1, 0.15) is 13.8 Å². The van der Waals surface area contributed by atoms with E-state index in [0.29, 0.717) is 0 Å². The molecule has 1 rings (SSSR count). The van der Waals surface area contributed by atoms with E-state index >= 15 is 0 Å². The molecule has 5 heteroatoms. The van der Waals surface area contributed by atoms with E-state index in [0.717, 1.165) is 13.2 Å². The van der Waals surface area contributed by atoms with Gasteiger partial charge in [0.25, 0.3) is 0 Å². The molecule has 0 aromatic carbocycles. The Morgan fingerprint density at radius 2 is 1.92 bits per heavy atom. The first-order valence-electron chi connectivity index (χ1n) is 4.13. The maximum atomic E-state index is 5.55. The van der Waals surface area contributed by atoms with Crippen molar-refractivity contribution < 1.29 is 8.85 Å². The first-order valence-corrected chi connectivity index (χ1v) is 6.60. The molecule has 0 saturated carbocycles. The van der Waals surface area contributed by atoms with E-state index in [4.69, 9.17) is 8.85 Å². The van der Waals surface area contributed by atoms with E-state index in [2.05, 4.69) is 16.8 Å². The zero-order valence-electron chi connectivity index (χ0n) is 7.45. The predicted molar refractivity (Wildman–Crippen MR) is 61.5 cm³/mol. The maximum absolute atomic E-state index is 5.55. The molecule has 13 heavy (non-hydrogen) atoms. The molecule has 1 aromatic rings. The van der Waals surface area contributed by atoms with Crippen LogP contribution in [0.3, 0.4) is 0 Å². The zero-order valence-corrected chi connectivity index (χ0v) is 9.42. The van der Waals surface area contributed by atoms with E-state index in [9.17, 15) is 0 Å². The molecule has 0 aliphatic rings. The molecule has 0 radical (unpaired) electrons. The molecule has 0 saturated heterocycles. The van der Waals surface area contributed by atoms with Crippen molar-refractivity contribution in [3.8, 4) is 0 Å². The van der Waals surface area contributed by atoms with E-state index in [1.807, 2.05) is 13.8 Å². The van der Waals surface area contributed by atoms with Crippen LogP contribution < -0.4 is 5.19 Å². The van der Waals surface area contributed by atoms with E-state index in [-0.39, 0.29) is 51.4 Å². The number of hydrogen-bond donors (Lipinski definition) is 0. The van der Waals surface area contributed by atoms with Crippen molar-refractivity contribution in [3.63, 3.8) is 0 Å². The summed E-state index contributed by atoms with van der Waals surface area (Å²) < 4.78 is 11.1. The van der Waals surface area contributed by atoms with Gasteiger partial charge in [-0.2, -0.15) is 11.3 Å². The second-order valence-electron chi connectivity index (χ2n) is 2.30. The molecule has 1 aromatic heterocycles. The summed E-state index contributed by atoms with van der Waals surface area (Å²) in [6.07, 6.45) is 0. The van der Waals surface area contributed by atoms with Crippen molar-refractivity contribution in [1.29, 1.82) is 0 Å². The average molecular weight is 242 g/mol. The van der Waals surface area contributed by atoms with Crippen molar-refractivity contribution in [3.05, 3.63) is 16.8 Å². The number of rotatable bonds is 5. The summed E-state index contributed by atoms with van der Waals surface area (Å²) in [5, 5.41) is 5.43. The molecular weight excluding hydrogens is 227 g/mol. The summed E-state index contributed by atoms with van der Waals surface area (Å²) in [6.45, 7) is 5.50. The molecule has 0 bridgehead atoms. The van der Waals surface area contributed by atoms with Crippen molar-refractivity contribution in [2.24, 2.45) is 0 Å². The van der Waals surface area contributed by atoms with Gasteiger partial charge in [0.15, 0.2) is 0 Å². The Bertz CT molecular complexity index is 200. The van der Waals surface area contributed by atoms with Crippen molar-refractivity contribution in [1.82, 2.24) is 0 Å². The van der Waals surface area contributed by atoms with E-state index < -0.39 is 9.28 Å². The van der Waals surface area contributed by atoms with Gasteiger partial charge in [-0.1, -0.05) is 0 Å². The van der Waals surface area contributed by atoms with Gasteiger partial charge in [-0.15, -0.1) is 0 Å². The van der Waals surface area contributed by atoms with Crippen LogP contribution in [0.5, 0.6) is 0 Å². The van der Waals surface area contributed by atoms with Crippen LogP contribution in [0.25, 0.3) is 0 Å². The minimum atomic E-state index is -1.53. The SMILES string of the molecule is CCO[SiH](OCC)c1ccsc1.[KH]. The van der Waals surface area contributed by atoms with Gasteiger partial charge in [0.2, 0.25) is 0 Å². The third kappa shape index (κ3) is 5.20. The Balaban J connectivity index is 0.00000144. The number of hydrogen-bond acceptors (Lipinski definition) is 3. The molecule has 1 heterocycles. The standard InChI is InChI=1S/C8H14O2SSi.K.H/c1-3-9-12(10-4-2)8-5-6-11-7-8;;/h5-7,12H,3-4H2,1-2H3;;. The molecule has 70 valence electrons. The Labute approximate surface area is 128 Å². The van der Waals surface area contributed by atoms with Crippen molar-refractivity contribution in [2.45, 2.75) is 13.8 Å². The van der Waals surface area contributed by atoms with Gasteiger partial charge in [-0.3, -0.25) is 0 Å². The summed E-state index contributed by atoms with van der Waals surface area (Å²) in [5.41, 5.74) is 0. The quantitative estimate of drug-likeness (QED) is 0.704. The monoisotopic (exact) mass is 242 g/mol. The Morgan fingerprint density at radius 3 is 2.31 bits per heavy atom. The fourth-order valence-electron chi connectivity index (χ4n) is 0.952. The van der Waals surface area contributed by atoms with Gasteiger partial charge in [0, 0.05) is 18.4 Å². The topological polar surface area (TPSA) is 18.5 Å². The number of thiophene rings is 1. The van der Waals surface area contributed by atoms with E-state index in [1.165, 1.54) is 5.19 Å². The molecule has 0 amide bonds. The van der Waals surface area contributed by atoms with Gasteiger partial charge < -0.3 is 8.85 Å². The van der Waals surface area contributed by atoms with Crippen LogP contribution in [0.4, 0.5) is 0 Å². The third-order valence-electron chi connectivity index (χ3n) is 1.45. The zero-order chi connectivity index (χ0) is 8.81. The van der Waals surface area contributed by atoms with Crippen LogP contribution in [0.15, 0.2) is 16.8 Å². The molecule has 0 aliphatic carbocycles. The fourth-order valence-corrected chi connectivity index (χ4v) is 3.66. The second kappa shape index (κ2) is 8.76. The predicted octanol–water partition coefficient (Wildman–Crippen LogP) is 0.600. The molecular formula is C8H15KO2SSi. The minimum absolute atomic E-state index is 0. The van der Waals surface area contributed by atoms with Crippen LogP contribution in [0.2, 0.25) is 0 Å². The molecule has 0 atom stereocenters. The van der Waals surface area contributed by atoms with Gasteiger partial charge in [0.1, 0.15) is 0 Å². The summed E-state index contributed by atoms with van der Waals surface area (Å²) in [5.74, 6) is 0. The van der Waals surface area contributed by atoms with Crippen LogP contribution in [-0.4, -0.2) is 73.9 Å². The average Bonchev–Trinajstić information content (AvgIpc) is 2.56. The first kappa shape index (κ1) is 14.5. The fraction of sp³-hybridized carbons (Fsp3) is 0.500. The summed E-state index contributed by atoms with van der Waals surface area (Å²) >= 11 is 1.69. The Kier molecular flexibility index (Phi) is 9.75. The first-order chi connectivity index (χ1) is 5.88. The second-order valence-corrected chi connectivity index (χ2v) is 5.08. The van der Waals surface area contributed by atoms with Gasteiger partial charge in [-0.05, 0) is 30.7 Å². The van der Waals surface area contributed by atoms with Gasteiger partial charge in [0.05, 0.1) is 0 Å².